The van der Waals surface area contributed by atoms with Crippen LogP contribution in [0.1, 0.15) is 30.8 Å². The summed E-state index contributed by atoms with van der Waals surface area (Å²) in [4.78, 5) is 15.4. The van der Waals surface area contributed by atoms with Crippen LogP contribution >= 0.6 is 0 Å². The van der Waals surface area contributed by atoms with Gasteiger partial charge in [-0.15, -0.1) is 0 Å². The van der Waals surface area contributed by atoms with E-state index in [9.17, 15) is 4.79 Å². The Morgan fingerprint density at radius 3 is 2.93 bits per heavy atom. The highest BCUT2D eigenvalue weighted by atomic mass is 16.5. The van der Waals surface area contributed by atoms with Gasteiger partial charge in [0.2, 0.25) is 0 Å². The molecule has 0 amide bonds. The molecule has 1 rings (SSSR count). The van der Waals surface area contributed by atoms with Crippen LogP contribution in [0.5, 0.6) is 5.75 Å². The number of ether oxygens (including phenoxy) is 2. The zero-order valence-electron chi connectivity index (χ0n) is 9.03. The first kappa shape index (κ1) is 11.5. The van der Waals surface area contributed by atoms with Gasteiger partial charge >= 0.3 is 5.97 Å². The lowest BCUT2D eigenvalue weighted by Gasteiger charge is -2.08. The van der Waals surface area contributed by atoms with Crippen LogP contribution in [-0.2, 0) is 4.74 Å². The molecule has 0 saturated carbocycles. The van der Waals surface area contributed by atoms with E-state index in [0.29, 0.717) is 19.0 Å². The van der Waals surface area contributed by atoms with Gasteiger partial charge in [0.1, 0.15) is 0 Å². The van der Waals surface area contributed by atoms with Crippen LogP contribution in [0.4, 0.5) is 0 Å². The zero-order chi connectivity index (χ0) is 11.1. The molecular weight excluding hydrogens is 194 g/mol. The van der Waals surface area contributed by atoms with E-state index in [1.807, 2.05) is 6.92 Å². The summed E-state index contributed by atoms with van der Waals surface area (Å²) in [7, 11) is 0. The lowest BCUT2D eigenvalue weighted by molar-refractivity contribution is 0.0514. The molecule has 4 nitrogen and oxygen atoms in total. The van der Waals surface area contributed by atoms with E-state index in [1.165, 1.54) is 0 Å². The van der Waals surface area contributed by atoms with Crippen LogP contribution in [-0.4, -0.2) is 24.2 Å². The lowest BCUT2D eigenvalue weighted by Crippen LogP contribution is -2.10. The molecule has 82 valence electrons. The minimum atomic E-state index is -0.441. The SMILES string of the molecule is CCCOc1cccnc1C(=O)OCC. The van der Waals surface area contributed by atoms with Crippen molar-refractivity contribution in [2.45, 2.75) is 20.3 Å². The van der Waals surface area contributed by atoms with Gasteiger partial charge in [-0.2, -0.15) is 0 Å². The Morgan fingerprint density at radius 1 is 1.47 bits per heavy atom. The van der Waals surface area contributed by atoms with Crippen LogP contribution in [0.3, 0.4) is 0 Å². The van der Waals surface area contributed by atoms with Crippen molar-refractivity contribution >= 4 is 5.97 Å². The Hall–Kier alpha value is -1.58. The molecule has 0 unspecified atom stereocenters. The molecule has 4 heteroatoms. The average Bonchev–Trinajstić information content (AvgIpc) is 2.27. The number of esters is 1. The number of hydrogen-bond acceptors (Lipinski definition) is 4. The largest absolute Gasteiger partial charge is 0.491 e. The number of carbonyl (C=O) groups excluding carboxylic acids is 1. The summed E-state index contributed by atoms with van der Waals surface area (Å²) < 4.78 is 10.3. The number of pyridine rings is 1. The minimum absolute atomic E-state index is 0.243. The van der Waals surface area contributed by atoms with E-state index in [0.717, 1.165) is 6.42 Å². The molecule has 0 spiro atoms. The molecule has 0 bridgehead atoms. The molecule has 0 atom stereocenters. The van der Waals surface area contributed by atoms with E-state index in [-0.39, 0.29) is 5.69 Å². The number of carbonyl (C=O) groups is 1. The minimum Gasteiger partial charge on any atom is -0.491 e. The Morgan fingerprint density at radius 2 is 2.27 bits per heavy atom. The molecule has 0 aliphatic heterocycles. The van der Waals surface area contributed by atoms with E-state index < -0.39 is 5.97 Å². The number of rotatable bonds is 5. The molecule has 0 fully saturated rings. The van der Waals surface area contributed by atoms with Crippen molar-refractivity contribution in [1.29, 1.82) is 0 Å². The van der Waals surface area contributed by atoms with E-state index in [2.05, 4.69) is 4.98 Å². The molecule has 1 aromatic rings. The lowest BCUT2D eigenvalue weighted by atomic mass is 10.3. The second kappa shape index (κ2) is 6.01. The molecule has 15 heavy (non-hydrogen) atoms. The van der Waals surface area contributed by atoms with Gasteiger partial charge in [-0.25, -0.2) is 9.78 Å². The fourth-order valence-corrected chi connectivity index (χ4v) is 1.07. The second-order valence-electron chi connectivity index (χ2n) is 2.92. The highest BCUT2D eigenvalue weighted by molar-refractivity contribution is 5.90. The maximum Gasteiger partial charge on any atom is 0.360 e. The molecule has 0 radical (unpaired) electrons. The molecule has 0 aliphatic rings. The molecule has 1 heterocycles. The quantitative estimate of drug-likeness (QED) is 0.696. The number of hydrogen-bond donors (Lipinski definition) is 0. The summed E-state index contributed by atoms with van der Waals surface area (Å²) in [5, 5.41) is 0. The molecule has 0 saturated heterocycles. The molecular formula is C11H15NO3. The smallest absolute Gasteiger partial charge is 0.360 e. The van der Waals surface area contributed by atoms with Crippen molar-refractivity contribution in [3.8, 4) is 5.75 Å². The third-order valence-corrected chi connectivity index (χ3v) is 1.70. The van der Waals surface area contributed by atoms with E-state index >= 15 is 0 Å². The molecule has 1 aromatic heterocycles. The summed E-state index contributed by atoms with van der Waals surface area (Å²) in [6, 6.07) is 3.45. The van der Waals surface area contributed by atoms with Crippen molar-refractivity contribution < 1.29 is 14.3 Å². The summed E-state index contributed by atoms with van der Waals surface area (Å²) in [6.07, 6.45) is 2.43. The maximum absolute atomic E-state index is 11.5. The van der Waals surface area contributed by atoms with Crippen molar-refractivity contribution in [1.82, 2.24) is 4.98 Å². The number of nitrogens with zero attached hydrogens (tertiary/aromatic N) is 1. The fraction of sp³-hybridized carbons (Fsp3) is 0.455. The topological polar surface area (TPSA) is 48.4 Å². The van der Waals surface area contributed by atoms with Crippen LogP contribution in [0.2, 0.25) is 0 Å². The van der Waals surface area contributed by atoms with E-state index in [1.54, 1.807) is 25.3 Å². The average molecular weight is 209 g/mol. The zero-order valence-corrected chi connectivity index (χ0v) is 9.03. The summed E-state index contributed by atoms with van der Waals surface area (Å²) >= 11 is 0. The highest BCUT2D eigenvalue weighted by Crippen LogP contribution is 2.16. The maximum atomic E-state index is 11.5. The Labute approximate surface area is 89.2 Å². The van der Waals surface area contributed by atoms with Gasteiger partial charge in [-0.05, 0) is 25.5 Å². The number of aromatic nitrogens is 1. The third kappa shape index (κ3) is 3.23. The first-order valence-electron chi connectivity index (χ1n) is 5.04. The van der Waals surface area contributed by atoms with Gasteiger partial charge < -0.3 is 9.47 Å². The van der Waals surface area contributed by atoms with Gasteiger partial charge in [0.15, 0.2) is 11.4 Å². The third-order valence-electron chi connectivity index (χ3n) is 1.70. The fourth-order valence-electron chi connectivity index (χ4n) is 1.07. The molecule has 0 N–H and O–H groups in total. The van der Waals surface area contributed by atoms with Gasteiger partial charge in [0, 0.05) is 6.20 Å². The summed E-state index contributed by atoms with van der Waals surface area (Å²) in [5.41, 5.74) is 0.243. The predicted molar refractivity (Wildman–Crippen MR) is 56.0 cm³/mol. The predicted octanol–water partition coefficient (Wildman–Crippen LogP) is 2.05. The van der Waals surface area contributed by atoms with Crippen molar-refractivity contribution in [3.63, 3.8) is 0 Å². The van der Waals surface area contributed by atoms with Crippen molar-refractivity contribution in [2.75, 3.05) is 13.2 Å². The Balaban J connectivity index is 2.80. The highest BCUT2D eigenvalue weighted by Gasteiger charge is 2.14. The normalized spacial score (nSPS) is 9.73. The summed E-state index contributed by atoms with van der Waals surface area (Å²) in [6.45, 7) is 4.66. The first-order chi connectivity index (χ1) is 7.29. The first-order valence-corrected chi connectivity index (χ1v) is 5.04. The van der Waals surface area contributed by atoms with E-state index in [4.69, 9.17) is 9.47 Å². The van der Waals surface area contributed by atoms with Crippen LogP contribution in [0.25, 0.3) is 0 Å². The van der Waals surface area contributed by atoms with Gasteiger partial charge in [-0.1, -0.05) is 6.92 Å². The molecule has 0 aromatic carbocycles. The van der Waals surface area contributed by atoms with Crippen molar-refractivity contribution in [3.05, 3.63) is 24.0 Å². The van der Waals surface area contributed by atoms with Gasteiger partial charge in [0.05, 0.1) is 13.2 Å². The standard InChI is InChI=1S/C11H15NO3/c1-3-8-15-9-6-5-7-12-10(9)11(13)14-4-2/h5-7H,3-4,8H2,1-2H3. The summed E-state index contributed by atoms with van der Waals surface area (Å²) in [5.74, 6) is 0.0435. The van der Waals surface area contributed by atoms with Crippen LogP contribution < -0.4 is 4.74 Å². The van der Waals surface area contributed by atoms with Crippen LogP contribution in [0.15, 0.2) is 18.3 Å². The van der Waals surface area contributed by atoms with Gasteiger partial charge in [0.25, 0.3) is 0 Å². The Kier molecular flexibility index (Phi) is 4.60. The monoisotopic (exact) mass is 209 g/mol. The molecule has 0 aliphatic carbocycles. The second-order valence-corrected chi connectivity index (χ2v) is 2.92. The van der Waals surface area contributed by atoms with Crippen LogP contribution in [0, 0.1) is 0 Å². The van der Waals surface area contributed by atoms with Crippen molar-refractivity contribution in [2.24, 2.45) is 0 Å². The van der Waals surface area contributed by atoms with Gasteiger partial charge in [-0.3, -0.25) is 0 Å². The Bertz CT molecular complexity index is 325.